The van der Waals surface area contributed by atoms with Crippen LogP contribution in [0, 0.1) is 0 Å². The predicted molar refractivity (Wildman–Crippen MR) is 88.4 cm³/mol. The van der Waals surface area contributed by atoms with Crippen LogP contribution in [-0.2, 0) is 17.8 Å². The average molecular weight is 324 g/mol. The standard InChI is InChI=1S/C15H20N2O2S2/c1-4-6-20-14-16-12(18)11-9-7-15(3,5-2)19-8-10(9)21-13(11)17-14/h4-8H2,1-3H3,(H,16,17,18)/t15-/m0/s1. The summed E-state index contributed by atoms with van der Waals surface area (Å²) in [6.45, 7) is 6.96. The van der Waals surface area contributed by atoms with Gasteiger partial charge in [0.05, 0.1) is 17.6 Å². The topological polar surface area (TPSA) is 55.0 Å². The van der Waals surface area contributed by atoms with E-state index in [2.05, 4.69) is 30.7 Å². The van der Waals surface area contributed by atoms with Gasteiger partial charge in [0.25, 0.3) is 5.56 Å². The normalized spacial score (nSPS) is 21.7. The van der Waals surface area contributed by atoms with Gasteiger partial charge >= 0.3 is 0 Å². The van der Waals surface area contributed by atoms with Gasteiger partial charge in [0.1, 0.15) is 4.83 Å². The molecule has 21 heavy (non-hydrogen) atoms. The molecular weight excluding hydrogens is 304 g/mol. The van der Waals surface area contributed by atoms with Crippen molar-refractivity contribution >= 4 is 33.3 Å². The zero-order valence-electron chi connectivity index (χ0n) is 12.6. The smallest absolute Gasteiger partial charge is 0.260 e. The number of thiophene rings is 1. The summed E-state index contributed by atoms with van der Waals surface area (Å²) in [6, 6.07) is 0. The summed E-state index contributed by atoms with van der Waals surface area (Å²) in [5, 5.41) is 1.51. The van der Waals surface area contributed by atoms with E-state index in [9.17, 15) is 4.79 Å². The van der Waals surface area contributed by atoms with Crippen LogP contribution < -0.4 is 5.56 Å². The molecule has 6 heteroatoms. The number of nitrogens with zero attached hydrogens (tertiary/aromatic N) is 1. The monoisotopic (exact) mass is 324 g/mol. The van der Waals surface area contributed by atoms with Gasteiger partial charge in [-0.3, -0.25) is 4.79 Å². The van der Waals surface area contributed by atoms with Crippen LogP contribution in [-0.4, -0.2) is 21.3 Å². The molecular formula is C15H20N2O2S2. The molecule has 0 radical (unpaired) electrons. The summed E-state index contributed by atoms with van der Waals surface area (Å²) in [5.41, 5.74) is 0.978. The Bertz CT molecular complexity index is 722. The zero-order chi connectivity index (χ0) is 15.0. The quantitative estimate of drug-likeness (QED) is 0.688. The molecule has 2 aromatic heterocycles. The van der Waals surface area contributed by atoms with Crippen LogP contribution in [0.2, 0.25) is 0 Å². The Balaban J connectivity index is 2.07. The van der Waals surface area contributed by atoms with Crippen LogP contribution in [0.3, 0.4) is 0 Å². The summed E-state index contributed by atoms with van der Waals surface area (Å²) in [5.74, 6) is 0.969. The van der Waals surface area contributed by atoms with E-state index in [1.54, 1.807) is 23.1 Å². The number of fused-ring (bicyclic) bond motifs is 3. The van der Waals surface area contributed by atoms with Gasteiger partial charge in [-0.1, -0.05) is 25.6 Å². The molecule has 0 spiro atoms. The van der Waals surface area contributed by atoms with Crippen LogP contribution in [0.5, 0.6) is 0 Å². The maximum absolute atomic E-state index is 12.5. The minimum Gasteiger partial charge on any atom is -0.369 e. The van der Waals surface area contributed by atoms with E-state index in [0.29, 0.717) is 6.61 Å². The fourth-order valence-electron chi connectivity index (χ4n) is 2.55. The first-order valence-corrected chi connectivity index (χ1v) is 9.18. The number of hydrogen-bond donors (Lipinski definition) is 1. The molecule has 3 rings (SSSR count). The zero-order valence-corrected chi connectivity index (χ0v) is 14.2. The van der Waals surface area contributed by atoms with Gasteiger partial charge in [0, 0.05) is 17.1 Å². The van der Waals surface area contributed by atoms with Gasteiger partial charge in [-0.2, -0.15) is 0 Å². The van der Waals surface area contributed by atoms with Crippen molar-refractivity contribution < 1.29 is 4.74 Å². The number of aromatic nitrogens is 2. The molecule has 0 saturated heterocycles. The lowest BCUT2D eigenvalue weighted by atomic mass is 9.90. The minimum absolute atomic E-state index is 0.00328. The summed E-state index contributed by atoms with van der Waals surface area (Å²) < 4.78 is 5.97. The van der Waals surface area contributed by atoms with E-state index in [1.807, 2.05) is 0 Å². The number of ether oxygens (including phenoxy) is 1. The number of thioether (sulfide) groups is 1. The molecule has 0 fully saturated rings. The second-order valence-electron chi connectivity index (χ2n) is 5.67. The second-order valence-corrected chi connectivity index (χ2v) is 7.84. The van der Waals surface area contributed by atoms with Gasteiger partial charge in [0.15, 0.2) is 5.16 Å². The first-order chi connectivity index (χ1) is 10.1. The van der Waals surface area contributed by atoms with Gasteiger partial charge in [-0.15, -0.1) is 11.3 Å². The third-order valence-electron chi connectivity index (χ3n) is 4.02. The Hall–Kier alpha value is -0.850. The predicted octanol–water partition coefficient (Wildman–Crippen LogP) is 3.73. The first kappa shape index (κ1) is 15.1. The van der Waals surface area contributed by atoms with Crippen LogP contribution in [0.4, 0.5) is 0 Å². The summed E-state index contributed by atoms with van der Waals surface area (Å²) >= 11 is 3.21. The third-order valence-corrected chi connectivity index (χ3v) is 6.19. The van der Waals surface area contributed by atoms with Crippen LogP contribution in [0.15, 0.2) is 9.95 Å². The lowest BCUT2D eigenvalue weighted by Gasteiger charge is -2.32. The molecule has 1 atom stereocenters. The van der Waals surface area contributed by atoms with E-state index >= 15 is 0 Å². The Morgan fingerprint density at radius 1 is 1.48 bits per heavy atom. The lowest BCUT2D eigenvalue weighted by molar-refractivity contribution is -0.0543. The summed E-state index contributed by atoms with van der Waals surface area (Å²) in [7, 11) is 0. The highest BCUT2D eigenvalue weighted by Crippen LogP contribution is 2.38. The number of aromatic amines is 1. The number of hydrogen-bond acceptors (Lipinski definition) is 5. The van der Waals surface area contributed by atoms with Crippen molar-refractivity contribution in [1.29, 1.82) is 0 Å². The van der Waals surface area contributed by atoms with E-state index in [1.165, 1.54) is 0 Å². The van der Waals surface area contributed by atoms with Crippen LogP contribution in [0.1, 0.15) is 44.1 Å². The number of nitrogens with one attached hydrogen (secondary N) is 1. The molecule has 3 heterocycles. The van der Waals surface area contributed by atoms with Crippen LogP contribution in [0.25, 0.3) is 10.2 Å². The molecule has 0 aromatic carbocycles. The highest BCUT2D eigenvalue weighted by molar-refractivity contribution is 7.99. The van der Waals surface area contributed by atoms with Gasteiger partial charge in [-0.25, -0.2) is 4.98 Å². The lowest BCUT2D eigenvalue weighted by Crippen LogP contribution is -2.34. The first-order valence-electron chi connectivity index (χ1n) is 7.37. The second kappa shape index (κ2) is 5.74. The summed E-state index contributed by atoms with van der Waals surface area (Å²) in [6.07, 6.45) is 2.81. The van der Waals surface area contributed by atoms with E-state index in [-0.39, 0.29) is 11.2 Å². The molecule has 0 aliphatic carbocycles. The third kappa shape index (κ3) is 2.76. The highest BCUT2D eigenvalue weighted by atomic mass is 32.2. The van der Waals surface area contributed by atoms with E-state index < -0.39 is 0 Å². The van der Waals surface area contributed by atoms with Crippen molar-refractivity contribution in [3.05, 3.63) is 20.8 Å². The van der Waals surface area contributed by atoms with Crippen LogP contribution >= 0.6 is 23.1 Å². The molecule has 0 bridgehead atoms. The average Bonchev–Trinajstić information content (AvgIpc) is 2.83. The molecule has 1 aliphatic rings. The molecule has 2 aromatic rings. The largest absolute Gasteiger partial charge is 0.369 e. The molecule has 0 saturated carbocycles. The maximum atomic E-state index is 12.5. The Kier molecular flexibility index (Phi) is 4.12. The minimum atomic E-state index is -0.164. The molecule has 0 amide bonds. The van der Waals surface area contributed by atoms with Crippen molar-refractivity contribution in [3.63, 3.8) is 0 Å². The van der Waals surface area contributed by atoms with Crippen molar-refractivity contribution in [2.75, 3.05) is 5.75 Å². The number of rotatable bonds is 4. The number of H-pyrrole nitrogens is 1. The van der Waals surface area contributed by atoms with Gasteiger partial charge < -0.3 is 9.72 Å². The van der Waals surface area contributed by atoms with Crippen molar-refractivity contribution in [1.82, 2.24) is 9.97 Å². The molecule has 1 N–H and O–H groups in total. The fourth-order valence-corrected chi connectivity index (χ4v) is 4.43. The van der Waals surface area contributed by atoms with Crippen molar-refractivity contribution in [2.24, 2.45) is 0 Å². The molecule has 1 aliphatic heterocycles. The Morgan fingerprint density at radius 3 is 3.00 bits per heavy atom. The van der Waals surface area contributed by atoms with E-state index in [0.717, 1.165) is 50.8 Å². The summed E-state index contributed by atoms with van der Waals surface area (Å²) in [4.78, 5) is 22.0. The van der Waals surface area contributed by atoms with Gasteiger partial charge in [0.2, 0.25) is 0 Å². The fraction of sp³-hybridized carbons (Fsp3) is 0.600. The maximum Gasteiger partial charge on any atom is 0.260 e. The molecule has 4 nitrogen and oxygen atoms in total. The molecule has 114 valence electrons. The SMILES string of the molecule is CCCSc1nc2sc3c(c2c(=O)[nH]1)C[C@](C)(CC)OC3. The highest BCUT2D eigenvalue weighted by Gasteiger charge is 2.32. The Labute approximate surface area is 132 Å². The van der Waals surface area contributed by atoms with Gasteiger partial charge in [-0.05, 0) is 25.3 Å². The van der Waals surface area contributed by atoms with Crippen molar-refractivity contribution in [3.8, 4) is 0 Å². The van der Waals surface area contributed by atoms with E-state index in [4.69, 9.17) is 4.74 Å². The van der Waals surface area contributed by atoms with Crippen molar-refractivity contribution in [2.45, 2.75) is 57.4 Å². The molecule has 0 unspecified atom stereocenters. The Morgan fingerprint density at radius 2 is 2.29 bits per heavy atom.